The first kappa shape index (κ1) is 9.51. The van der Waals surface area contributed by atoms with Crippen molar-refractivity contribution in [3.05, 3.63) is 41.0 Å². The number of aryl methyl sites for hydroxylation is 1. The molecule has 0 heterocycles. The lowest BCUT2D eigenvalue weighted by Gasteiger charge is -2.22. The zero-order valence-electron chi connectivity index (χ0n) is 9.52. The molecule has 0 radical (unpaired) electrons. The molecule has 0 fully saturated rings. The van der Waals surface area contributed by atoms with E-state index in [0.717, 1.165) is 6.42 Å². The van der Waals surface area contributed by atoms with Gasteiger partial charge in [0.05, 0.1) is 0 Å². The first-order valence-electron chi connectivity index (χ1n) is 5.29. The summed E-state index contributed by atoms with van der Waals surface area (Å²) in [5.41, 5.74) is 6.11. The predicted molar refractivity (Wildman–Crippen MR) is 62.3 cm³/mol. The summed E-state index contributed by atoms with van der Waals surface area (Å²) >= 11 is 0. The number of hydrogen-bond donors (Lipinski definition) is 0. The minimum absolute atomic E-state index is 0.277. The largest absolute Gasteiger partial charge is 0.0758 e. The molecular formula is C14H18. The van der Waals surface area contributed by atoms with E-state index in [1.807, 2.05) is 0 Å². The Hall–Kier alpha value is -1.04. The van der Waals surface area contributed by atoms with Crippen molar-refractivity contribution in [1.82, 2.24) is 0 Å². The first-order chi connectivity index (χ1) is 6.48. The fourth-order valence-corrected chi connectivity index (χ4v) is 2.15. The summed E-state index contributed by atoms with van der Waals surface area (Å²) in [4.78, 5) is 0. The lowest BCUT2D eigenvalue weighted by Crippen LogP contribution is -2.07. The number of fused-ring (bicyclic) bond motifs is 1. The molecule has 0 saturated heterocycles. The number of hydrogen-bond acceptors (Lipinski definition) is 0. The van der Waals surface area contributed by atoms with E-state index < -0.39 is 0 Å². The van der Waals surface area contributed by atoms with E-state index in [0.29, 0.717) is 0 Å². The molecule has 0 bridgehead atoms. The van der Waals surface area contributed by atoms with E-state index in [2.05, 4.69) is 52.0 Å². The van der Waals surface area contributed by atoms with Gasteiger partial charge in [0.15, 0.2) is 0 Å². The number of allylic oxidation sites excluding steroid dienone is 2. The summed E-state index contributed by atoms with van der Waals surface area (Å²) in [7, 11) is 0. The van der Waals surface area contributed by atoms with Gasteiger partial charge in [-0.1, -0.05) is 50.6 Å². The SMILES string of the molecule is Cc1ccc2c(c1)C(C(C)(C)C)=CC2. The van der Waals surface area contributed by atoms with Crippen molar-refractivity contribution in [2.75, 3.05) is 0 Å². The Bertz CT molecular complexity index is 389. The third-order valence-electron chi connectivity index (χ3n) is 2.89. The van der Waals surface area contributed by atoms with Crippen LogP contribution in [-0.4, -0.2) is 0 Å². The van der Waals surface area contributed by atoms with Crippen LogP contribution < -0.4 is 0 Å². The molecule has 2 rings (SSSR count). The highest BCUT2D eigenvalue weighted by Gasteiger charge is 2.24. The Kier molecular flexibility index (Phi) is 2.02. The Labute approximate surface area is 86.7 Å². The highest BCUT2D eigenvalue weighted by Crippen LogP contribution is 2.40. The average Bonchev–Trinajstić information content (AvgIpc) is 2.45. The van der Waals surface area contributed by atoms with E-state index in [9.17, 15) is 0 Å². The highest BCUT2D eigenvalue weighted by atomic mass is 14.3. The third kappa shape index (κ3) is 1.50. The van der Waals surface area contributed by atoms with Gasteiger partial charge >= 0.3 is 0 Å². The van der Waals surface area contributed by atoms with E-state index >= 15 is 0 Å². The molecule has 1 aliphatic carbocycles. The lowest BCUT2D eigenvalue weighted by molar-refractivity contribution is 0.567. The van der Waals surface area contributed by atoms with Gasteiger partial charge in [0.2, 0.25) is 0 Å². The summed E-state index contributed by atoms with van der Waals surface area (Å²) in [5.74, 6) is 0. The fourth-order valence-electron chi connectivity index (χ4n) is 2.15. The first-order valence-corrected chi connectivity index (χ1v) is 5.29. The van der Waals surface area contributed by atoms with Crippen LogP contribution in [-0.2, 0) is 6.42 Å². The van der Waals surface area contributed by atoms with Crippen molar-refractivity contribution in [3.63, 3.8) is 0 Å². The normalized spacial score (nSPS) is 15.3. The Morgan fingerprint density at radius 1 is 1.14 bits per heavy atom. The van der Waals surface area contributed by atoms with E-state index in [-0.39, 0.29) is 5.41 Å². The van der Waals surface area contributed by atoms with E-state index in [1.54, 1.807) is 0 Å². The topological polar surface area (TPSA) is 0 Å². The second-order valence-electron chi connectivity index (χ2n) is 5.23. The highest BCUT2D eigenvalue weighted by molar-refractivity contribution is 5.76. The molecule has 1 aliphatic rings. The molecule has 0 saturated carbocycles. The lowest BCUT2D eigenvalue weighted by atomic mass is 9.83. The van der Waals surface area contributed by atoms with Gasteiger partial charge < -0.3 is 0 Å². The standard InChI is InChI=1S/C14H18/c1-10-5-6-11-7-8-13(12(11)9-10)14(2,3)4/h5-6,8-9H,7H2,1-4H3. The number of benzene rings is 1. The minimum Gasteiger partial charge on any atom is -0.0758 e. The zero-order valence-corrected chi connectivity index (χ0v) is 9.52. The van der Waals surface area contributed by atoms with Crippen molar-refractivity contribution < 1.29 is 0 Å². The van der Waals surface area contributed by atoms with Crippen molar-refractivity contribution in [1.29, 1.82) is 0 Å². The van der Waals surface area contributed by atoms with Crippen LogP contribution in [0.4, 0.5) is 0 Å². The van der Waals surface area contributed by atoms with Gasteiger partial charge in [0, 0.05) is 0 Å². The Morgan fingerprint density at radius 3 is 2.50 bits per heavy atom. The molecule has 0 amide bonds. The van der Waals surface area contributed by atoms with Gasteiger partial charge in [-0.25, -0.2) is 0 Å². The van der Waals surface area contributed by atoms with E-state index in [1.165, 1.54) is 22.3 Å². The maximum atomic E-state index is 2.38. The minimum atomic E-state index is 0.277. The van der Waals surface area contributed by atoms with Gasteiger partial charge in [0.25, 0.3) is 0 Å². The fraction of sp³-hybridized carbons (Fsp3) is 0.429. The molecule has 74 valence electrons. The number of rotatable bonds is 0. The van der Waals surface area contributed by atoms with Crippen LogP contribution in [0.1, 0.15) is 37.5 Å². The van der Waals surface area contributed by atoms with Gasteiger partial charge in [-0.15, -0.1) is 0 Å². The summed E-state index contributed by atoms with van der Waals surface area (Å²) in [6.45, 7) is 9.03. The molecule has 0 aliphatic heterocycles. The van der Waals surface area contributed by atoms with Gasteiger partial charge in [0.1, 0.15) is 0 Å². The monoisotopic (exact) mass is 186 g/mol. The van der Waals surface area contributed by atoms with Crippen molar-refractivity contribution in [2.45, 2.75) is 34.1 Å². The molecule has 14 heavy (non-hydrogen) atoms. The van der Waals surface area contributed by atoms with Crippen LogP contribution in [0.3, 0.4) is 0 Å². The van der Waals surface area contributed by atoms with Crippen LogP contribution in [0, 0.1) is 12.3 Å². The van der Waals surface area contributed by atoms with Crippen molar-refractivity contribution in [2.24, 2.45) is 5.41 Å². The van der Waals surface area contributed by atoms with Crippen molar-refractivity contribution in [3.8, 4) is 0 Å². The Balaban J connectivity index is 2.51. The maximum Gasteiger partial charge on any atom is -0.00852 e. The summed E-state index contributed by atoms with van der Waals surface area (Å²) in [6, 6.07) is 6.79. The summed E-state index contributed by atoms with van der Waals surface area (Å²) in [6.07, 6.45) is 3.49. The van der Waals surface area contributed by atoms with Crippen LogP contribution in [0.25, 0.3) is 5.57 Å². The quantitative estimate of drug-likeness (QED) is 0.575. The average molecular weight is 186 g/mol. The second kappa shape index (κ2) is 2.98. The molecule has 0 aromatic heterocycles. The van der Waals surface area contributed by atoms with E-state index in [4.69, 9.17) is 0 Å². The molecule has 0 unspecified atom stereocenters. The second-order valence-corrected chi connectivity index (χ2v) is 5.23. The molecule has 0 spiro atoms. The summed E-state index contributed by atoms with van der Waals surface area (Å²) in [5, 5.41) is 0. The molecule has 0 heteroatoms. The molecule has 1 aromatic carbocycles. The van der Waals surface area contributed by atoms with Crippen LogP contribution in [0.5, 0.6) is 0 Å². The smallest absolute Gasteiger partial charge is 0.00852 e. The van der Waals surface area contributed by atoms with Crippen molar-refractivity contribution >= 4 is 5.57 Å². The van der Waals surface area contributed by atoms with Gasteiger partial charge in [-0.05, 0) is 35.5 Å². The summed E-state index contributed by atoms with van der Waals surface area (Å²) < 4.78 is 0. The predicted octanol–water partition coefficient (Wildman–Crippen LogP) is 3.98. The molecule has 0 nitrogen and oxygen atoms in total. The maximum absolute atomic E-state index is 2.38. The molecule has 1 aromatic rings. The molecule has 0 N–H and O–H groups in total. The van der Waals surface area contributed by atoms with Crippen LogP contribution in [0.2, 0.25) is 0 Å². The van der Waals surface area contributed by atoms with Gasteiger partial charge in [-0.2, -0.15) is 0 Å². The molecule has 0 atom stereocenters. The Morgan fingerprint density at radius 2 is 1.86 bits per heavy atom. The van der Waals surface area contributed by atoms with Gasteiger partial charge in [-0.3, -0.25) is 0 Å². The van der Waals surface area contributed by atoms with Crippen LogP contribution in [0.15, 0.2) is 24.3 Å². The molecular weight excluding hydrogens is 168 g/mol. The zero-order chi connectivity index (χ0) is 10.3. The van der Waals surface area contributed by atoms with Crippen LogP contribution >= 0.6 is 0 Å². The third-order valence-corrected chi connectivity index (χ3v) is 2.89.